The van der Waals surface area contributed by atoms with Crippen LogP contribution in [0.1, 0.15) is 0 Å². The summed E-state index contributed by atoms with van der Waals surface area (Å²) in [4.78, 5) is 0. The molecule has 0 unspecified atom stereocenters. The van der Waals surface area contributed by atoms with Crippen LogP contribution in [0.4, 0.5) is 0 Å². The van der Waals surface area contributed by atoms with Gasteiger partial charge in [-0.2, -0.15) is 0 Å². The molecule has 0 rings (SSSR count). The van der Waals surface area contributed by atoms with E-state index in [0.29, 0.717) is 0 Å². The quantitative estimate of drug-likeness (QED) is 0.467. The van der Waals surface area contributed by atoms with Gasteiger partial charge in [-0.3, -0.25) is 0 Å². The minimum Gasteiger partial charge on any atom is -0.553 e. The maximum absolute atomic E-state index is 6.25. The molecule has 4 N–H and O–H groups in total. The van der Waals surface area contributed by atoms with Crippen molar-refractivity contribution in [1.82, 2.24) is 0 Å². The van der Waals surface area contributed by atoms with Gasteiger partial charge in [0.15, 0.2) is 0 Å². The fourth-order valence-corrected chi connectivity index (χ4v) is 0. The molecule has 0 aliphatic carbocycles. The maximum Gasteiger partial charge on any atom is 2.00 e. The fourth-order valence-electron chi connectivity index (χ4n) is 0. The Kier molecular flexibility index (Phi) is 1490. The molecule has 0 saturated heterocycles. The van der Waals surface area contributed by atoms with E-state index >= 15 is 0 Å². The Hall–Kier alpha value is 0.346. The summed E-state index contributed by atoms with van der Waals surface area (Å²) in [5.74, 6) is 9.50. The zero-order chi connectivity index (χ0) is 4.00. The van der Waals surface area contributed by atoms with Crippen molar-refractivity contribution in [2.24, 2.45) is 0 Å². The van der Waals surface area contributed by atoms with Gasteiger partial charge in [-0.15, -0.1) is 0 Å². The van der Waals surface area contributed by atoms with Crippen LogP contribution in [0.15, 0.2) is 0 Å². The molecule has 35 valence electrons. The Balaban J connectivity index is -0.0000000133. The summed E-state index contributed by atoms with van der Waals surface area (Å²) in [6.45, 7) is 0. The number of rotatable bonds is 0. The molecule has 0 aromatic carbocycles. The first-order chi connectivity index (χ1) is 2.00. The van der Waals surface area contributed by atoms with E-state index in [-0.39, 0.29) is 16.8 Å². The van der Waals surface area contributed by atoms with Crippen LogP contribution in [0.25, 0.3) is 11.8 Å². The Morgan fingerprint density at radius 2 is 0.800 bits per heavy atom. The van der Waals surface area contributed by atoms with E-state index < -0.39 is 0 Å². The first-order valence-electron chi connectivity index (χ1n) is 0.447. The van der Waals surface area contributed by atoms with Gasteiger partial charge in [0, 0.05) is 0 Å². The van der Waals surface area contributed by atoms with Crippen LogP contribution in [-0.4, -0.2) is 10.4 Å². The monoisotopic (exact) mass is 123 g/mol. The van der Waals surface area contributed by atoms with Crippen LogP contribution in [0, 0.1) is 0 Å². The van der Waals surface area contributed by atoms with Crippen LogP contribution in [0.2, 0.25) is 0 Å². The van der Waals surface area contributed by atoms with Gasteiger partial charge >= 0.3 is 16.8 Å². The molecule has 0 aromatic heterocycles. The molecule has 0 saturated carbocycles. The molecule has 0 fully saturated rings. The predicted octanol–water partition coefficient (Wildman–Crippen LogP) is 0.853. The van der Waals surface area contributed by atoms with Crippen molar-refractivity contribution < 1.29 is 27.2 Å². The molecule has 5 heteroatoms. The van der Waals surface area contributed by atoms with Crippen molar-refractivity contribution in [1.29, 1.82) is 0 Å². The minimum absolute atomic E-state index is 0. The van der Waals surface area contributed by atoms with Gasteiger partial charge < -0.3 is 22.2 Å². The predicted molar refractivity (Wildman–Crippen MR) is 12.2 cm³/mol. The molecule has 4 nitrogen and oxygen atoms in total. The zero-order valence-corrected chi connectivity index (χ0v) is 3.27. The van der Waals surface area contributed by atoms with E-state index in [9.17, 15) is 0 Å². The number of hydrogen-bond donors (Lipinski definition) is 2. The van der Waals surface area contributed by atoms with Gasteiger partial charge in [-0.05, 0) is 0 Å². The third-order valence-corrected chi connectivity index (χ3v) is 0. The van der Waals surface area contributed by atoms with E-state index in [4.69, 9.17) is 22.2 Å². The van der Waals surface area contributed by atoms with Crippen LogP contribution in [0.5, 0.6) is 0 Å². The van der Waals surface area contributed by atoms with Crippen LogP contribution >= 0.6 is 0 Å². The SMILES string of the molecule is [Co+2].[NH-]O.[NH-]O. The average molecular weight is 123 g/mol. The topological polar surface area (TPSA) is 88.1 Å². The average Bonchev–Trinajstić information content (AvgIpc) is 1.50. The summed E-state index contributed by atoms with van der Waals surface area (Å²) in [5.41, 5.74) is 0. The van der Waals surface area contributed by atoms with E-state index in [1.165, 1.54) is 0 Å². The van der Waals surface area contributed by atoms with Crippen molar-refractivity contribution in [2.75, 3.05) is 0 Å². The van der Waals surface area contributed by atoms with E-state index in [0.717, 1.165) is 0 Å². The Bertz CT molecular complexity index is 7.61. The van der Waals surface area contributed by atoms with Crippen molar-refractivity contribution in [3.8, 4) is 0 Å². The first-order valence-corrected chi connectivity index (χ1v) is 0.447. The molecule has 0 aliphatic heterocycles. The molecule has 0 bridgehead atoms. The Morgan fingerprint density at radius 1 is 0.800 bits per heavy atom. The van der Waals surface area contributed by atoms with E-state index in [2.05, 4.69) is 0 Å². The molecule has 0 amide bonds. The Morgan fingerprint density at radius 3 is 0.800 bits per heavy atom. The van der Waals surface area contributed by atoms with Gasteiger partial charge in [0.2, 0.25) is 0 Å². The number of hydrogen-bond acceptors (Lipinski definition) is 2. The third kappa shape index (κ3) is 199. The van der Waals surface area contributed by atoms with E-state index in [1.54, 1.807) is 0 Å². The summed E-state index contributed by atoms with van der Waals surface area (Å²) < 4.78 is 0. The van der Waals surface area contributed by atoms with Gasteiger partial charge in [-0.25, -0.2) is 0 Å². The van der Waals surface area contributed by atoms with Crippen LogP contribution in [-0.2, 0) is 16.8 Å². The van der Waals surface area contributed by atoms with Crippen LogP contribution < -0.4 is 0 Å². The van der Waals surface area contributed by atoms with Gasteiger partial charge in [0.25, 0.3) is 0 Å². The second kappa shape index (κ2) is 405. The third-order valence-electron chi connectivity index (χ3n) is 0. The summed E-state index contributed by atoms with van der Waals surface area (Å²) >= 11 is 0. The summed E-state index contributed by atoms with van der Waals surface area (Å²) in [7, 11) is 0. The van der Waals surface area contributed by atoms with Crippen LogP contribution in [0.3, 0.4) is 0 Å². The largest absolute Gasteiger partial charge is 2.00 e. The molecular weight excluding hydrogens is 119 g/mol. The van der Waals surface area contributed by atoms with Crippen molar-refractivity contribution in [2.45, 2.75) is 0 Å². The fraction of sp³-hybridized carbons (Fsp3) is 0. The maximum atomic E-state index is 6.25. The number of nitrogens with one attached hydrogen (secondary N) is 2. The summed E-state index contributed by atoms with van der Waals surface area (Å²) in [6, 6.07) is 0. The molecule has 0 aliphatic rings. The molecule has 0 aromatic rings. The van der Waals surface area contributed by atoms with E-state index in [1.807, 2.05) is 0 Å². The van der Waals surface area contributed by atoms with Crippen molar-refractivity contribution in [3.63, 3.8) is 0 Å². The Labute approximate surface area is 39.9 Å². The van der Waals surface area contributed by atoms with Crippen molar-refractivity contribution in [3.05, 3.63) is 11.8 Å². The van der Waals surface area contributed by atoms with Gasteiger partial charge in [0.1, 0.15) is 0 Å². The minimum atomic E-state index is 0. The smallest absolute Gasteiger partial charge is 0.553 e. The zero-order valence-electron chi connectivity index (χ0n) is 2.23. The molecular formula is H4CoN2O2. The molecule has 5 heavy (non-hydrogen) atoms. The van der Waals surface area contributed by atoms with Gasteiger partial charge in [-0.1, -0.05) is 0 Å². The first kappa shape index (κ1) is 18.3. The molecule has 0 heterocycles. The molecule has 0 atom stereocenters. The molecule has 1 radical (unpaired) electrons. The normalized spacial score (nSPS) is 2.40. The standard InChI is InChI=1S/Co.2H2NO/c;2*1-2/h;2*1-2H/q+2;2*-1. The second-order valence-corrected chi connectivity index (χ2v) is 0. The second-order valence-electron chi connectivity index (χ2n) is 0. The van der Waals surface area contributed by atoms with Crippen molar-refractivity contribution >= 4 is 0 Å². The summed E-state index contributed by atoms with van der Waals surface area (Å²) in [6.07, 6.45) is 0. The van der Waals surface area contributed by atoms with Gasteiger partial charge in [0.05, 0.1) is 0 Å². The molecule has 0 spiro atoms. The summed E-state index contributed by atoms with van der Waals surface area (Å²) in [5, 5.41) is 12.5.